The van der Waals surface area contributed by atoms with Crippen molar-refractivity contribution in [3.63, 3.8) is 0 Å². The van der Waals surface area contributed by atoms with Crippen LogP contribution in [0.25, 0.3) is 66.6 Å². The maximum Gasteiger partial charge on any atom is 0.165 e. The predicted molar refractivity (Wildman–Crippen MR) is 146 cm³/mol. The molecule has 0 amide bonds. The second-order valence-electron chi connectivity index (χ2n) is 9.00. The van der Waals surface area contributed by atoms with Gasteiger partial charge in [-0.15, -0.1) is 0 Å². The van der Waals surface area contributed by atoms with Crippen molar-refractivity contribution in [1.29, 1.82) is 0 Å². The third kappa shape index (κ3) is 2.68. The van der Waals surface area contributed by atoms with Crippen molar-refractivity contribution in [2.75, 3.05) is 0 Å². The van der Waals surface area contributed by atoms with Crippen molar-refractivity contribution in [2.45, 2.75) is 0 Å². The van der Waals surface area contributed by atoms with Gasteiger partial charge in [0.2, 0.25) is 0 Å². The largest absolute Gasteiger partial charge is 0.297 e. The topological polar surface area (TPSA) is 48.0 Å². The normalized spacial score (nSPS) is 11.9. The highest BCUT2D eigenvalue weighted by molar-refractivity contribution is 6.11. The van der Waals surface area contributed by atoms with E-state index in [4.69, 9.17) is 15.0 Å². The van der Waals surface area contributed by atoms with E-state index in [1.54, 1.807) is 0 Å². The molecule has 4 aromatic carbocycles. The summed E-state index contributed by atoms with van der Waals surface area (Å²) in [5.41, 5.74) is 8.78. The van der Waals surface area contributed by atoms with Crippen LogP contribution in [0.2, 0.25) is 0 Å². The molecule has 0 fully saturated rings. The Bertz CT molecular complexity index is 2100. The molecule has 5 heteroatoms. The average molecular weight is 462 g/mol. The van der Waals surface area contributed by atoms with Crippen LogP contribution in [0.4, 0.5) is 0 Å². The lowest BCUT2D eigenvalue weighted by atomic mass is 10.1. The molecule has 5 nitrogen and oxygen atoms in total. The smallest absolute Gasteiger partial charge is 0.165 e. The van der Waals surface area contributed by atoms with Crippen LogP contribution >= 0.6 is 0 Å². The zero-order valence-corrected chi connectivity index (χ0v) is 19.2. The average Bonchev–Trinajstić information content (AvgIpc) is 3.46. The van der Waals surface area contributed by atoms with Crippen LogP contribution in [-0.4, -0.2) is 23.9 Å². The summed E-state index contributed by atoms with van der Waals surface area (Å²) in [6.07, 6.45) is 2.19. The molecule has 0 spiro atoms. The Labute approximate surface area is 205 Å². The first-order chi connectivity index (χ1) is 17.8. The molecule has 0 radical (unpaired) electrons. The Morgan fingerprint density at radius 2 is 1.17 bits per heavy atom. The zero-order valence-electron chi connectivity index (χ0n) is 19.2. The lowest BCUT2D eigenvalue weighted by molar-refractivity contribution is 1.07. The molecule has 8 rings (SSSR count). The number of hydrogen-bond donors (Lipinski definition) is 0. The number of aromatic nitrogens is 5. The van der Waals surface area contributed by atoms with E-state index in [-0.39, 0.29) is 0 Å². The Morgan fingerprint density at radius 3 is 2.00 bits per heavy atom. The molecule has 36 heavy (non-hydrogen) atoms. The SMILES string of the molecule is c1ccc(-c2nc3ccccc3nc2-n2c3ccccc3c3cc4nc5ccccc5n4cc32)cc1. The van der Waals surface area contributed by atoms with E-state index in [2.05, 4.69) is 75.8 Å². The molecule has 0 N–H and O–H groups in total. The van der Waals surface area contributed by atoms with Gasteiger partial charge in [0.1, 0.15) is 11.3 Å². The van der Waals surface area contributed by atoms with E-state index in [0.717, 1.165) is 66.6 Å². The van der Waals surface area contributed by atoms with Gasteiger partial charge < -0.3 is 0 Å². The van der Waals surface area contributed by atoms with E-state index in [1.807, 2.05) is 48.5 Å². The van der Waals surface area contributed by atoms with Gasteiger partial charge in [0.05, 0.1) is 33.1 Å². The van der Waals surface area contributed by atoms with Crippen molar-refractivity contribution in [1.82, 2.24) is 23.9 Å². The number of benzene rings is 4. The standard InChI is InChI=1S/C31H19N5/c1-2-10-20(11-3-1)30-31(34-24-14-6-5-13-23(24)33-30)36-26-16-8-4-12-21(26)22-18-29-32-25-15-7-9-17-27(25)35(29)19-28(22)36/h1-19H. The van der Waals surface area contributed by atoms with Crippen molar-refractivity contribution in [3.8, 4) is 17.1 Å². The maximum absolute atomic E-state index is 5.20. The summed E-state index contributed by atoms with van der Waals surface area (Å²) >= 11 is 0. The van der Waals surface area contributed by atoms with Gasteiger partial charge in [0.15, 0.2) is 5.82 Å². The lowest BCUT2D eigenvalue weighted by Crippen LogP contribution is -2.04. The molecule has 0 unspecified atom stereocenters. The van der Waals surface area contributed by atoms with Gasteiger partial charge in [-0.05, 0) is 36.4 Å². The van der Waals surface area contributed by atoms with Crippen molar-refractivity contribution in [3.05, 3.63) is 115 Å². The van der Waals surface area contributed by atoms with Crippen LogP contribution in [0.3, 0.4) is 0 Å². The molecular formula is C31H19N5. The fraction of sp³-hybridized carbons (Fsp3) is 0. The first-order valence-electron chi connectivity index (χ1n) is 12.0. The highest BCUT2D eigenvalue weighted by atomic mass is 15.1. The van der Waals surface area contributed by atoms with Crippen LogP contribution in [0, 0.1) is 0 Å². The Hall–Kier alpha value is -5.03. The molecule has 168 valence electrons. The lowest BCUT2D eigenvalue weighted by Gasteiger charge is -2.13. The Morgan fingerprint density at radius 1 is 0.500 bits per heavy atom. The third-order valence-electron chi connectivity index (χ3n) is 6.91. The van der Waals surface area contributed by atoms with Crippen LogP contribution < -0.4 is 0 Å². The molecule has 0 aliphatic rings. The summed E-state index contributed by atoms with van der Waals surface area (Å²) in [6, 6.07) is 37.3. The van der Waals surface area contributed by atoms with Gasteiger partial charge in [-0.25, -0.2) is 15.0 Å². The van der Waals surface area contributed by atoms with Crippen molar-refractivity contribution in [2.24, 2.45) is 0 Å². The molecule has 0 aliphatic carbocycles. The number of para-hydroxylation sites is 5. The first kappa shape index (κ1) is 19.3. The van der Waals surface area contributed by atoms with Gasteiger partial charge in [0, 0.05) is 22.5 Å². The molecule has 0 aliphatic heterocycles. The second kappa shape index (κ2) is 7.23. The molecule has 0 saturated heterocycles. The van der Waals surface area contributed by atoms with E-state index in [0.29, 0.717) is 0 Å². The molecule has 0 saturated carbocycles. The summed E-state index contributed by atoms with van der Waals surface area (Å²) < 4.78 is 4.42. The summed E-state index contributed by atoms with van der Waals surface area (Å²) in [6.45, 7) is 0. The highest BCUT2D eigenvalue weighted by Gasteiger charge is 2.20. The minimum Gasteiger partial charge on any atom is -0.297 e. The number of imidazole rings is 1. The van der Waals surface area contributed by atoms with Gasteiger partial charge >= 0.3 is 0 Å². The second-order valence-corrected chi connectivity index (χ2v) is 9.00. The van der Waals surface area contributed by atoms with E-state index in [9.17, 15) is 0 Å². The molecule has 8 aromatic rings. The number of fused-ring (bicyclic) bond motifs is 7. The summed E-state index contributed by atoms with van der Waals surface area (Å²) in [5, 5.41) is 2.30. The minimum atomic E-state index is 0.815. The number of pyridine rings is 1. The van der Waals surface area contributed by atoms with Gasteiger partial charge in [-0.3, -0.25) is 8.97 Å². The van der Waals surface area contributed by atoms with Crippen LogP contribution in [0.15, 0.2) is 115 Å². The fourth-order valence-corrected chi connectivity index (χ4v) is 5.28. The van der Waals surface area contributed by atoms with E-state index in [1.165, 1.54) is 0 Å². The molecule has 0 bridgehead atoms. The fourth-order valence-electron chi connectivity index (χ4n) is 5.28. The zero-order chi connectivity index (χ0) is 23.6. The summed E-state index contributed by atoms with van der Waals surface area (Å²) in [5.74, 6) is 0.815. The predicted octanol–water partition coefficient (Wildman–Crippen LogP) is 7.19. The van der Waals surface area contributed by atoms with Crippen LogP contribution in [-0.2, 0) is 0 Å². The van der Waals surface area contributed by atoms with Gasteiger partial charge in [-0.1, -0.05) is 72.8 Å². The van der Waals surface area contributed by atoms with E-state index < -0.39 is 0 Å². The monoisotopic (exact) mass is 461 g/mol. The maximum atomic E-state index is 5.20. The Balaban J connectivity index is 1.57. The van der Waals surface area contributed by atoms with Crippen LogP contribution in [0.5, 0.6) is 0 Å². The van der Waals surface area contributed by atoms with Crippen LogP contribution in [0.1, 0.15) is 0 Å². The molecular weight excluding hydrogens is 442 g/mol. The van der Waals surface area contributed by atoms with Gasteiger partial charge in [-0.2, -0.15) is 0 Å². The molecule has 0 atom stereocenters. The summed E-state index contributed by atoms with van der Waals surface area (Å²) in [4.78, 5) is 15.2. The highest BCUT2D eigenvalue weighted by Crippen LogP contribution is 2.36. The van der Waals surface area contributed by atoms with Crippen molar-refractivity contribution < 1.29 is 0 Å². The van der Waals surface area contributed by atoms with E-state index >= 15 is 0 Å². The quantitative estimate of drug-likeness (QED) is 0.274. The Kier molecular flexibility index (Phi) is 3.88. The molecule has 4 aromatic heterocycles. The number of hydrogen-bond acceptors (Lipinski definition) is 3. The number of nitrogens with zero attached hydrogens (tertiary/aromatic N) is 5. The first-order valence-corrected chi connectivity index (χ1v) is 12.0. The molecule has 4 heterocycles. The minimum absolute atomic E-state index is 0.815. The third-order valence-corrected chi connectivity index (χ3v) is 6.91. The van der Waals surface area contributed by atoms with Crippen molar-refractivity contribution >= 4 is 49.5 Å². The summed E-state index contributed by atoms with van der Waals surface area (Å²) in [7, 11) is 0. The number of rotatable bonds is 2. The van der Waals surface area contributed by atoms with Gasteiger partial charge in [0.25, 0.3) is 0 Å².